The Morgan fingerprint density at radius 3 is 3.00 bits per heavy atom. The zero-order valence-corrected chi connectivity index (χ0v) is 11.9. The first-order valence-electron chi connectivity index (χ1n) is 6.89. The van der Waals surface area contributed by atoms with Gasteiger partial charge < -0.3 is 15.4 Å². The molecule has 1 aliphatic rings. The molecule has 0 radical (unpaired) electrons. The van der Waals surface area contributed by atoms with E-state index in [-0.39, 0.29) is 5.91 Å². The molecular formula is C15H18N4O2. The van der Waals surface area contributed by atoms with Gasteiger partial charge in [-0.1, -0.05) is 18.2 Å². The molecule has 1 amide bonds. The van der Waals surface area contributed by atoms with Crippen molar-refractivity contribution in [3.63, 3.8) is 0 Å². The molecule has 1 atom stereocenters. The van der Waals surface area contributed by atoms with Gasteiger partial charge in [-0.25, -0.2) is 0 Å². The van der Waals surface area contributed by atoms with E-state index in [2.05, 4.69) is 5.10 Å². The number of aryl methyl sites for hydroxylation is 1. The van der Waals surface area contributed by atoms with Gasteiger partial charge in [-0.2, -0.15) is 5.10 Å². The number of nitrogens with two attached hydrogens (primary N) is 1. The smallest absolute Gasteiger partial charge is 0.244 e. The summed E-state index contributed by atoms with van der Waals surface area (Å²) < 4.78 is 7.31. The number of carbonyl (C=O) groups is 1. The fraction of sp³-hybridized carbons (Fsp3) is 0.333. The van der Waals surface area contributed by atoms with Crippen LogP contribution in [0.1, 0.15) is 17.2 Å². The van der Waals surface area contributed by atoms with Gasteiger partial charge in [0.1, 0.15) is 18.4 Å². The lowest BCUT2D eigenvalue weighted by Gasteiger charge is -2.23. The fourth-order valence-electron chi connectivity index (χ4n) is 2.45. The second-order valence-electron chi connectivity index (χ2n) is 5.14. The molecule has 2 heterocycles. The summed E-state index contributed by atoms with van der Waals surface area (Å²) in [5.41, 5.74) is 7.79. The topological polar surface area (TPSA) is 73.4 Å². The number of carbonyl (C=O) groups excluding carboxylic acids is 1. The lowest BCUT2D eigenvalue weighted by molar-refractivity contribution is -0.133. The van der Waals surface area contributed by atoms with Crippen molar-refractivity contribution in [1.29, 1.82) is 0 Å². The Balaban J connectivity index is 1.79. The molecule has 110 valence electrons. The van der Waals surface area contributed by atoms with E-state index >= 15 is 0 Å². The average Bonchev–Trinajstić information content (AvgIpc) is 2.81. The number of amides is 1. The van der Waals surface area contributed by atoms with E-state index in [9.17, 15) is 4.79 Å². The van der Waals surface area contributed by atoms with Gasteiger partial charge in [0, 0.05) is 30.9 Å². The predicted molar refractivity (Wildman–Crippen MR) is 77.5 cm³/mol. The summed E-state index contributed by atoms with van der Waals surface area (Å²) >= 11 is 0. The monoisotopic (exact) mass is 286 g/mol. The maximum absolute atomic E-state index is 12.6. The van der Waals surface area contributed by atoms with Crippen molar-refractivity contribution in [2.24, 2.45) is 12.8 Å². The second kappa shape index (κ2) is 5.57. The van der Waals surface area contributed by atoms with Crippen LogP contribution in [0.3, 0.4) is 0 Å². The van der Waals surface area contributed by atoms with E-state index in [0.717, 1.165) is 16.9 Å². The molecule has 1 unspecified atom stereocenters. The highest BCUT2D eigenvalue weighted by Gasteiger charge is 2.26. The van der Waals surface area contributed by atoms with Gasteiger partial charge in [-0.3, -0.25) is 9.48 Å². The van der Waals surface area contributed by atoms with Crippen LogP contribution in [0.25, 0.3) is 0 Å². The van der Waals surface area contributed by atoms with Crippen molar-refractivity contribution >= 4 is 5.91 Å². The van der Waals surface area contributed by atoms with Gasteiger partial charge in [0.15, 0.2) is 0 Å². The Hall–Kier alpha value is -2.34. The van der Waals surface area contributed by atoms with E-state index in [4.69, 9.17) is 10.5 Å². The number of nitrogens with zero attached hydrogens (tertiary/aromatic N) is 3. The highest BCUT2D eigenvalue weighted by atomic mass is 16.5. The van der Waals surface area contributed by atoms with Crippen LogP contribution < -0.4 is 10.5 Å². The molecule has 3 rings (SSSR count). The van der Waals surface area contributed by atoms with Crippen LogP contribution in [0.5, 0.6) is 5.75 Å². The predicted octanol–water partition coefficient (Wildman–Crippen LogP) is 0.841. The summed E-state index contributed by atoms with van der Waals surface area (Å²) in [5, 5.41) is 4.06. The molecule has 1 aromatic heterocycles. The second-order valence-corrected chi connectivity index (χ2v) is 5.14. The van der Waals surface area contributed by atoms with Gasteiger partial charge in [0.2, 0.25) is 5.91 Å². The van der Waals surface area contributed by atoms with E-state index < -0.39 is 6.04 Å². The van der Waals surface area contributed by atoms with Crippen molar-refractivity contribution in [3.05, 3.63) is 47.8 Å². The maximum Gasteiger partial charge on any atom is 0.244 e. The van der Waals surface area contributed by atoms with Crippen molar-refractivity contribution in [1.82, 2.24) is 14.7 Å². The van der Waals surface area contributed by atoms with Gasteiger partial charge in [-0.15, -0.1) is 0 Å². The Labute approximate surface area is 123 Å². The molecule has 1 aromatic carbocycles. The lowest BCUT2D eigenvalue weighted by Crippen LogP contribution is -2.39. The third-order valence-electron chi connectivity index (χ3n) is 3.61. The molecule has 0 fully saturated rings. The van der Waals surface area contributed by atoms with Gasteiger partial charge >= 0.3 is 0 Å². The average molecular weight is 286 g/mol. The number of ether oxygens (including phenoxy) is 1. The maximum atomic E-state index is 12.6. The van der Waals surface area contributed by atoms with Gasteiger partial charge in [-0.05, 0) is 6.07 Å². The van der Waals surface area contributed by atoms with E-state index in [1.54, 1.807) is 29.0 Å². The third-order valence-corrected chi connectivity index (χ3v) is 3.61. The summed E-state index contributed by atoms with van der Waals surface area (Å²) in [6, 6.07) is 7.07. The largest absolute Gasteiger partial charge is 0.491 e. The van der Waals surface area contributed by atoms with Gasteiger partial charge in [0.25, 0.3) is 0 Å². The highest BCUT2D eigenvalue weighted by Crippen LogP contribution is 2.24. The van der Waals surface area contributed by atoms with Crippen molar-refractivity contribution in [3.8, 4) is 5.75 Å². The van der Waals surface area contributed by atoms with Crippen molar-refractivity contribution in [2.75, 3.05) is 13.2 Å². The Bertz CT molecular complexity index is 653. The summed E-state index contributed by atoms with van der Waals surface area (Å²) in [4.78, 5) is 14.3. The lowest BCUT2D eigenvalue weighted by atomic mass is 10.1. The van der Waals surface area contributed by atoms with E-state index in [0.29, 0.717) is 19.7 Å². The molecule has 6 nitrogen and oxygen atoms in total. The SMILES string of the molecule is Cn1cc(C(N)C(=O)N2CCOc3ccccc3C2)cn1. The minimum Gasteiger partial charge on any atom is -0.491 e. The fourth-order valence-corrected chi connectivity index (χ4v) is 2.45. The van der Waals surface area contributed by atoms with Crippen LogP contribution in [-0.4, -0.2) is 33.7 Å². The molecule has 0 spiro atoms. The number of aromatic nitrogens is 2. The Morgan fingerprint density at radius 1 is 1.43 bits per heavy atom. The van der Waals surface area contributed by atoms with Crippen LogP contribution in [0.15, 0.2) is 36.7 Å². The minimum absolute atomic E-state index is 0.108. The van der Waals surface area contributed by atoms with Crippen LogP contribution in [0.4, 0.5) is 0 Å². The van der Waals surface area contributed by atoms with Crippen molar-refractivity contribution in [2.45, 2.75) is 12.6 Å². The highest BCUT2D eigenvalue weighted by molar-refractivity contribution is 5.83. The Morgan fingerprint density at radius 2 is 2.24 bits per heavy atom. The minimum atomic E-state index is -0.691. The molecule has 0 bridgehead atoms. The summed E-state index contributed by atoms with van der Waals surface area (Å²) in [6.07, 6.45) is 3.40. The Kier molecular flexibility index (Phi) is 3.62. The molecule has 21 heavy (non-hydrogen) atoms. The number of rotatable bonds is 2. The van der Waals surface area contributed by atoms with Crippen LogP contribution in [0, 0.1) is 0 Å². The molecule has 2 N–H and O–H groups in total. The first kappa shape index (κ1) is 13.6. The first-order chi connectivity index (χ1) is 10.1. The molecule has 2 aromatic rings. The zero-order valence-electron chi connectivity index (χ0n) is 11.9. The summed E-state index contributed by atoms with van der Waals surface area (Å²) in [6.45, 7) is 1.52. The summed E-state index contributed by atoms with van der Waals surface area (Å²) in [5.74, 6) is 0.728. The number of hydrogen-bond donors (Lipinski definition) is 1. The van der Waals surface area contributed by atoms with E-state index in [1.807, 2.05) is 24.3 Å². The van der Waals surface area contributed by atoms with Crippen LogP contribution >= 0.6 is 0 Å². The zero-order chi connectivity index (χ0) is 14.8. The molecule has 1 aliphatic heterocycles. The molecule has 6 heteroatoms. The van der Waals surface area contributed by atoms with Gasteiger partial charge in [0.05, 0.1) is 12.7 Å². The molecule has 0 aliphatic carbocycles. The molecule has 0 saturated carbocycles. The summed E-state index contributed by atoms with van der Waals surface area (Å²) in [7, 11) is 1.80. The number of hydrogen-bond acceptors (Lipinski definition) is 4. The molecular weight excluding hydrogens is 268 g/mol. The first-order valence-corrected chi connectivity index (χ1v) is 6.89. The normalized spacial score (nSPS) is 15.8. The standard InChI is InChI=1S/C15H18N4O2/c1-18-9-12(8-17-18)14(16)15(20)19-6-7-21-13-5-3-2-4-11(13)10-19/h2-5,8-9,14H,6-7,10,16H2,1H3. The quantitative estimate of drug-likeness (QED) is 0.888. The van der Waals surface area contributed by atoms with Crippen LogP contribution in [-0.2, 0) is 18.4 Å². The van der Waals surface area contributed by atoms with Crippen molar-refractivity contribution < 1.29 is 9.53 Å². The number of fused-ring (bicyclic) bond motifs is 1. The third kappa shape index (κ3) is 2.75. The molecule has 0 saturated heterocycles. The van der Waals surface area contributed by atoms with Crippen LogP contribution in [0.2, 0.25) is 0 Å². The number of para-hydroxylation sites is 1. The van der Waals surface area contributed by atoms with E-state index in [1.165, 1.54) is 0 Å². The number of benzene rings is 1.